The molecule has 2 rings (SSSR count). The SMILES string of the molecule is CCN(C)/C=N/c1cc(F)cc(N(C)c2ncccc2C(F)(F)F)c1C. The lowest BCUT2D eigenvalue weighted by molar-refractivity contribution is -0.137. The van der Waals surface area contributed by atoms with Gasteiger partial charge in [0.05, 0.1) is 23.3 Å². The highest BCUT2D eigenvalue weighted by molar-refractivity contribution is 5.73. The average Bonchev–Trinajstić information content (AvgIpc) is 2.60. The van der Waals surface area contributed by atoms with Crippen LogP contribution in [0.25, 0.3) is 0 Å². The Labute approximate surface area is 149 Å². The van der Waals surface area contributed by atoms with Crippen LogP contribution in [-0.4, -0.2) is 36.9 Å². The van der Waals surface area contributed by atoms with Gasteiger partial charge in [-0.25, -0.2) is 14.4 Å². The Hall–Kier alpha value is -2.64. The Morgan fingerprint density at radius 1 is 1.23 bits per heavy atom. The summed E-state index contributed by atoms with van der Waals surface area (Å²) >= 11 is 0. The summed E-state index contributed by atoms with van der Waals surface area (Å²) < 4.78 is 53.9. The molecule has 0 saturated heterocycles. The van der Waals surface area contributed by atoms with Gasteiger partial charge in [-0.3, -0.25) is 0 Å². The van der Waals surface area contributed by atoms with Crippen LogP contribution in [0.15, 0.2) is 35.5 Å². The monoisotopic (exact) mass is 368 g/mol. The third kappa shape index (κ3) is 4.30. The molecule has 0 bridgehead atoms. The summed E-state index contributed by atoms with van der Waals surface area (Å²) in [5.74, 6) is -0.887. The van der Waals surface area contributed by atoms with Crippen molar-refractivity contribution in [3.8, 4) is 0 Å². The molecule has 4 nitrogen and oxygen atoms in total. The molecule has 0 aliphatic rings. The molecule has 0 saturated carbocycles. The van der Waals surface area contributed by atoms with Crippen LogP contribution in [0.4, 0.5) is 34.8 Å². The first-order valence-electron chi connectivity index (χ1n) is 7.95. The van der Waals surface area contributed by atoms with Crippen molar-refractivity contribution in [3.05, 3.63) is 47.4 Å². The predicted molar refractivity (Wildman–Crippen MR) is 94.9 cm³/mol. The van der Waals surface area contributed by atoms with Crippen molar-refractivity contribution in [1.82, 2.24) is 9.88 Å². The van der Waals surface area contributed by atoms with Crippen LogP contribution in [0.3, 0.4) is 0 Å². The molecule has 26 heavy (non-hydrogen) atoms. The molecule has 1 aromatic heterocycles. The number of pyridine rings is 1. The van der Waals surface area contributed by atoms with E-state index in [1.165, 1.54) is 36.3 Å². The maximum atomic E-state index is 14.1. The molecule has 0 aliphatic heterocycles. The highest BCUT2D eigenvalue weighted by Crippen LogP contribution is 2.39. The molecule has 0 spiro atoms. The van der Waals surface area contributed by atoms with E-state index >= 15 is 0 Å². The molecule has 8 heteroatoms. The third-order valence-corrected chi connectivity index (χ3v) is 3.98. The number of hydrogen-bond donors (Lipinski definition) is 0. The Kier molecular flexibility index (Phi) is 5.84. The zero-order valence-corrected chi connectivity index (χ0v) is 15.0. The lowest BCUT2D eigenvalue weighted by atomic mass is 10.1. The van der Waals surface area contributed by atoms with Crippen molar-refractivity contribution >= 4 is 23.5 Å². The van der Waals surface area contributed by atoms with E-state index in [-0.39, 0.29) is 11.5 Å². The molecule has 0 radical (unpaired) electrons. The number of hydrogen-bond acceptors (Lipinski definition) is 3. The second kappa shape index (κ2) is 7.72. The average molecular weight is 368 g/mol. The van der Waals surface area contributed by atoms with Crippen LogP contribution in [0.2, 0.25) is 0 Å². The largest absolute Gasteiger partial charge is 0.419 e. The number of aliphatic imine (C=N–C) groups is 1. The van der Waals surface area contributed by atoms with Crippen LogP contribution in [0.1, 0.15) is 18.1 Å². The second-order valence-corrected chi connectivity index (χ2v) is 5.82. The fourth-order valence-corrected chi connectivity index (χ4v) is 2.38. The highest BCUT2D eigenvalue weighted by Gasteiger charge is 2.35. The summed E-state index contributed by atoms with van der Waals surface area (Å²) in [6.45, 7) is 4.33. The lowest BCUT2D eigenvalue weighted by Gasteiger charge is -2.24. The first-order chi connectivity index (χ1) is 12.1. The maximum absolute atomic E-state index is 14.1. The Morgan fingerprint density at radius 3 is 2.54 bits per heavy atom. The van der Waals surface area contributed by atoms with E-state index < -0.39 is 17.6 Å². The van der Waals surface area contributed by atoms with Crippen molar-refractivity contribution < 1.29 is 17.6 Å². The minimum absolute atomic E-state index is 0.264. The van der Waals surface area contributed by atoms with Crippen LogP contribution >= 0.6 is 0 Å². The van der Waals surface area contributed by atoms with Gasteiger partial charge in [0.25, 0.3) is 0 Å². The van der Waals surface area contributed by atoms with Gasteiger partial charge >= 0.3 is 6.18 Å². The van der Waals surface area contributed by atoms with Crippen LogP contribution in [0, 0.1) is 12.7 Å². The fourth-order valence-electron chi connectivity index (χ4n) is 2.38. The van der Waals surface area contributed by atoms with Crippen molar-refractivity contribution in [3.63, 3.8) is 0 Å². The quantitative estimate of drug-likeness (QED) is 0.426. The first kappa shape index (κ1) is 19.7. The molecule has 0 unspecified atom stereocenters. The van der Waals surface area contributed by atoms with Gasteiger partial charge in [0.2, 0.25) is 0 Å². The molecule has 1 heterocycles. The minimum atomic E-state index is -4.57. The fraction of sp³-hybridized carbons (Fsp3) is 0.333. The Bertz CT molecular complexity index is 802. The molecule has 0 amide bonds. The van der Waals surface area contributed by atoms with E-state index in [2.05, 4.69) is 9.98 Å². The molecule has 0 N–H and O–H groups in total. The highest BCUT2D eigenvalue weighted by atomic mass is 19.4. The summed E-state index contributed by atoms with van der Waals surface area (Å²) in [5.41, 5.74) is 0.271. The van der Waals surface area contributed by atoms with Gasteiger partial charge in [0.15, 0.2) is 0 Å². The molecule has 1 aromatic carbocycles. The number of aromatic nitrogens is 1. The molecular weight excluding hydrogens is 348 g/mol. The predicted octanol–water partition coefficient (Wildman–Crippen LogP) is 4.93. The molecule has 0 fully saturated rings. The zero-order valence-electron chi connectivity index (χ0n) is 15.0. The van der Waals surface area contributed by atoms with Crippen molar-refractivity contribution in [2.45, 2.75) is 20.0 Å². The van der Waals surface area contributed by atoms with Crippen LogP contribution in [-0.2, 0) is 6.18 Å². The number of rotatable bonds is 5. The summed E-state index contributed by atoms with van der Waals surface area (Å²) in [5, 5.41) is 0. The van der Waals surface area contributed by atoms with Gasteiger partial charge in [-0.15, -0.1) is 0 Å². The standard InChI is InChI=1S/C18H20F4N4/c1-5-25(3)11-24-15-9-13(19)10-16(12(15)2)26(4)17-14(18(20,21)22)7-6-8-23-17/h6-11H,5H2,1-4H3/b24-11+. The van der Waals surface area contributed by atoms with Gasteiger partial charge in [-0.2, -0.15) is 13.2 Å². The lowest BCUT2D eigenvalue weighted by Crippen LogP contribution is -2.19. The summed E-state index contributed by atoms with van der Waals surface area (Å²) in [4.78, 5) is 11.1. The maximum Gasteiger partial charge on any atom is 0.419 e. The molecule has 2 aromatic rings. The third-order valence-electron chi connectivity index (χ3n) is 3.98. The van der Waals surface area contributed by atoms with E-state index in [0.29, 0.717) is 17.8 Å². The van der Waals surface area contributed by atoms with E-state index in [1.807, 2.05) is 14.0 Å². The van der Waals surface area contributed by atoms with Gasteiger partial charge < -0.3 is 9.80 Å². The summed E-state index contributed by atoms with van der Waals surface area (Å²) in [7, 11) is 3.24. The summed E-state index contributed by atoms with van der Waals surface area (Å²) in [6.07, 6.45) is -1.75. The molecule has 0 atom stereocenters. The van der Waals surface area contributed by atoms with E-state index in [9.17, 15) is 17.6 Å². The topological polar surface area (TPSA) is 31.7 Å². The first-order valence-corrected chi connectivity index (χ1v) is 7.95. The minimum Gasteiger partial charge on any atom is -0.366 e. The normalized spacial score (nSPS) is 11.8. The van der Waals surface area contributed by atoms with Crippen LogP contribution < -0.4 is 4.90 Å². The van der Waals surface area contributed by atoms with Crippen molar-refractivity contribution in [2.75, 3.05) is 25.5 Å². The number of halogens is 4. The van der Waals surface area contributed by atoms with Crippen molar-refractivity contribution in [2.24, 2.45) is 4.99 Å². The van der Waals surface area contributed by atoms with Crippen LogP contribution in [0.5, 0.6) is 0 Å². The second-order valence-electron chi connectivity index (χ2n) is 5.82. The number of anilines is 2. The van der Waals surface area contributed by atoms with Gasteiger partial charge in [0, 0.05) is 26.8 Å². The van der Waals surface area contributed by atoms with Gasteiger partial charge in [-0.05, 0) is 43.7 Å². The Morgan fingerprint density at radius 2 is 1.92 bits per heavy atom. The summed E-state index contributed by atoms with van der Waals surface area (Å²) in [6, 6.07) is 4.58. The molecule has 140 valence electrons. The molecule has 0 aliphatic carbocycles. The number of benzene rings is 1. The molecular formula is C18H20F4N4. The smallest absolute Gasteiger partial charge is 0.366 e. The Balaban J connectivity index is 2.53. The van der Waals surface area contributed by atoms with Crippen molar-refractivity contribution in [1.29, 1.82) is 0 Å². The zero-order chi connectivity index (χ0) is 19.5. The van der Waals surface area contributed by atoms with E-state index in [1.54, 1.807) is 18.2 Å². The van der Waals surface area contributed by atoms with Gasteiger partial charge in [-0.1, -0.05) is 0 Å². The van der Waals surface area contributed by atoms with E-state index in [4.69, 9.17) is 0 Å². The van der Waals surface area contributed by atoms with E-state index in [0.717, 1.165) is 6.07 Å². The number of nitrogens with zero attached hydrogens (tertiary/aromatic N) is 4. The van der Waals surface area contributed by atoms with Gasteiger partial charge in [0.1, 0.15) is 11.6 Å². The number of alkyl halides is 3.